The van der Waals surface area contributed by atoms with Gasteiger partial charge in [-0.25, -0.2) is 4.39 Å². The second-order valence-electron chi connectivity index (χ2n) is 3.89. The number of benzene rings is 1. The fraction of sp³-hybridized carbons (Fsp3) is 0.0769. The fourth-order valence-corrected chi connectivity index (χ4v) is 1.57. The molecule has 0 amide bonds. The van der Waals surface area contributed by atoms with E-state index in [4.69, 9.17) is 18.0 Å². The number of pyridine rings is 1. The number of nitrogens with one attached hydrogen (secondary N) is 1. The molecule has 0 radical (unpaired) electrons. The lowest BCUT2D eigenvalue weighted by Crippen LogP contribution is -2.11. The van der Waals surface area contributed by atoms with Crippen molar-refractivity contribution in [3.8, 4) is 0 Å². The third-order valence-electron chi connectivity index (χ3n) is 2.48. The molecule has 0 aliphatic carbocycles. The average Bonchev–Trinajstić information content (AvgIpc) is 2.34. The lowest BCUT2D eigenvalue weighted by atomic mass is 10.2. The van der Waals surface area contributed by atoms with Crippen molar-refractivity contribution >= 4 is 28.6 Å². The highest BCUT2D eigenvalue weighted by Crippen LogP contribution is 2.18. The number of aromatic nitrogens is 1. The highest BCUT2D eigenvalue weighted by atomic mass is 32.1. The van der Waals surface area contributed by atoms with Gasteiger partial charge in [0.15, 0.2) is 0 Å². The SMILES string of the molecule is Cc1ccc(Nc2ccc(C(N)=S)nc2)cc1F. The van der Waals surface area contributed by atoms with E-state index in [2.05, 4.69) is 10.3 Å². The van der Waals surface area contributed by atoms with E-state index in [0.29, 0.717) is 16.9 Å². The van der Waals surface area contributed by atoms with E-state index in [-0.39, 0.29) is 10.8 Å². The standard InChI is InChI=1S/C13H12FN3S/c1-8-2-3-9(6-11(8)14)17-10-4-5-12(13(15)18)16-7-10/h2-7,17H,1H3,(H2,15,18). The van der Waals surface area contributed by atoms with Gasteiger partial charge in [0, 0.05) is 5.69 Å². The van der Waals surface area contributed by atoms with Crippen LogP contribution in [-0.4, -0.2) is 9.97 Å². The Balaban J connectivity index is 2.18. The largest absolute Gasteiger partial charge is 0.388 e. The van der Waals surface area contributed by atoms with Crippen LogP contribution in [0.4, 0.5) is 15.8 Å². The monoisotopic (exact) mass is 261 g/mol. The first-order chi connectivity index (χ1) is 8.56. The molecule has 18 heavy (non-hydrogen) atoms. The minimum Gasteiger partial charge on any atom is -0.388 e. The lowest BCUT2D eigenvalue weighted by molar-refractivity contribution is 0.619. The predicted molar refractivity (Wildman–Crippen MR) is 74.5 cm³/mol. The van der Waals surface area contributed by atoms with Crippen LogP contribution in [-0.2, 0) is 0 Å². The molecule has 1 aromatic heterocycles. The zero-order valence-electron chi connectivity index (χ0n) is 9.77. The van der Waals surface area contributed by atoms with Gasteiger partial charge in [-0.3, -0.25) is 4.98 Å². The van der Waals surface area contributed by atoms with Gasteiger partial charge in [0.05, 0.1) is 17.6 Å². The van der Waals surface area contributed by atoms with Crippen LogP contribution in [0.1, 0.15) is 11.3 Å². The van der Waals surface area contributed by atoms with Crippen LogP contribution in [0.5, 0.6) is 0 Å². The Morgan fingerprint density at radius 2 is 2.00 bits per heavy atom. The number of rotatable bonds is 3. The molecule has 0 fully saturated rings. The van der Waals surface area contributed by atoms with Crippen molar-refractivity contribution in [2.45, 2.75) is 6.92 Å². The molecule has 2 rings (SSSR count). The summed E-state index contributed by atoms with van der Waals surface area (Å²) in [5, 5.41) is 3.05. The maximum absolute atomic E-state index is 13.4. The molecule has 92 valence electrons. The molecule has 0 saturated carbocycles. The Bertz CT molecular complexity index is 581. The number of halogens is 1. The number of thiocarbonyl (C=S) groups is 1. The first kappa shape index (κ1) is 12.4. The minimum absolute atomic E-state index is 0.243. The molecule has 0 aliphatic heterocycles. The zero-order valence-corrected chi connectivity index (χ0v) is 10.6. The van der Waals surface area contributed by atoms with Crippen molar-refractivity contribution in [2.24, 2.45) is 5.73 Å². The Morgan fingerprint density at radius 3 is 2.56 bits per heavy atom. The summed E-state index contributed by atoms with van der Waals surface area (Å²) in [6.07, 6.45) is 1.60. The molecule has 3 N–H and O–H groups in total. The lowest BCUT2D eigenvalue weighted by Gasteiger charge is -2.07. The molecule has 0 atom stereocenters. The summed E-state index contributed by atoms with van der Waals surface area (Å²) < 4.78 is 13.4. The van der Waals surface area contributed by atoms with Crippen LogP contribution in [0, 0.1) is 12.7 Å². The molecule has 3 nitrogen and oxygen atoms in total. The van der Waals surface area contributed by atoms with Crippen LogP contribution in [0.25, 0.3) is 0 Å². The van der Waals surface area contributed by atoms with Gasteiger partial charge in [-0.15, -0.1) is 0 Å². The van der Waals surface area contributed by atoms with Gasteiger partial charge >= 0.3 is 0 Å². The highest BCUT2D eigenvalue weighted by molar-refractivity contribution is 7.80. The van der Waals surface area contributed by atoms with Crippen LogP contribution >= 0.6 is 12.2 Å². The molecule has 5 heteroatoms. The van der Waals surface area contributed by atoms with Gasteiger partial charge in [0.1, 0.15) is 10.8 Å². The third kappa shape index (κ3) is 2.81. The normalized spacial score (nSPS) is 10.1. The predicted octanol–water partition coefficient (Wildman–Crippen LogP) is 2.91. The van der Waals surface area contributed by atoms with Crippen molar-refractivity contribution < 1.29 is 4.39 Å². The summed E-state index contributed by atoms with van der Waals surface area (Å²) in [7, 11) is 0. The van der Waals surface area contributed by atoms with Crippen molar-refractivity contribution in [1.82, 2.24) is 4.98 Å². The third-order valence-corrected chi connectivity index (χ3v) is 2.69. The second kappa shape index (κ2) is 5.10. The van der Waals surface area contributed by atoms with Crippen molar-refractivity contribution in [2.75, 3.05) is 5.32 Å². The molecule has 0 unspecified atom stereocenters. The molecule has 0 spiro atoms. The highest BCUT2D eigenvalue weighted by Gasteiger charge is 2.01. The summed E-state index contributed by atoms with van der Waals surface area (Å²) in [5.41, 5.74) is 8.04. The number of anilines is 2. The molecule has 0 aliphatic rings. The van der Waals surface area contributed by atoms with Gasteiger partial charge < -0.3 is 11.1 Å². The number of nitrogens with zero attached hydrogens (tertiary/aromatic N) is 1. The molecule has 1 heterocycles. The molecular weight excluding hydrogens is 249 g/mol. The van der Waals surface area contributed by atoms with E-state index in [1.807, 2.05) is 0 Å². The number of nitrogens with two attached hydrogens (primary N) is 1. The maximum atomic E-state index is 13.4. The molecule has 2 aromatic rings. The van der Waals surface area contributed by atoms with E-state index in [0.717, 1.165) is 5.69 Å². The number of hydrogen-bond acceptors (Lipinski definition) is 3. The van der Waals surface area contributed by atoms with E-state index in [1.54, 1.807) is 37.4 Å². The van der Waals surface area contributed by atoms with Crippen LogP contribution in [0.15, 0.2) is 36.5 Å². The van der Waals surface area contributed by atoms with E-state index < -0.39 is 0 Å². The van der Waals surface area contributed by atoms with Gasteiger partial charge in [-0.05, 0) is 36.8 Å². The Labute approximate surface area is 110 Å². The van der Waals surface area contributed by atoms with Crippen molar-refractivity contribution in [3.63, 3.8) is 0 Å². The first-order valence-corrected chi connectivity index (χ1v) is 5.76. The van der Waals surface area contributed by atoms with Gasteiger partial charge in [-0.1, -0.05) is 18.3 Å². The quantitative estimate of drug-likeness (QED) is 0.834. The second-order valence-corrected chi connectivity index (χ2v) is 4.33. The maximum Gasteiger partial charge on any atom is 0.128 e. The van der Waals surface area contributed by atoms with E-state index in [9.17, 15) is 4.39 Å². The van der Waals surface area contributed by atoms with Crippen molar-refractivity contribution in [3.05, 3.63) is 53.6 Å². The van der Waals surface area contributed by atoms with Gasteiger partial charge in [0.2, 0.25) is 0 Å². The topological polar surface area (TPSA) is 50.9 Å². The summed E-state index contributed by atoms with van der Waals surface area (Å²) in [4.78, 5) is 4.34. The Kier molecular flexibility index (Phi) is 3.53. The van der Waals surface area contributed by atoms with E-state index in [1.165, 1.54) is 6.07 Å². The van der Waals surface area contributed by atoms with Crippen LogP contribution < -0.4 is 11.1 Å². The van der Waals surface area contributed by atoms with Gasteiger partial charge in [-0.2, -0.15) is 0 Å². The molecule has 0 bridgehead atoms. The van der Waals surface area contributed by atoms with Crippen molar-refractivity contribution in [1.29, 1.82) is 0 Å². The first-order valence-electron chi connectivity index (χ1n) is 5.35. The zero-order chi connectivity index (χ0) is 13.1. The minimum atomic E-state index is -0.243. The van der Waals surface area contributed by atoms with Crippen LogP contribution in [0.3, 0.4) is 0 Å². The number of hydrogen-bond donors (Lipinski definition) is 2. The van der Waals surface area contributed by atoms with Crippen LogP contribution in [0.2, 0.25) is 0 Å². The number of aryl methyl sites for hydroxylation is 1. The summed E-state index contributed by atoms with van der Waals surface area (Å²) in [6, 6.07) is 8.47. The average molecular weight is 261 g/mol. The van der Waals surface area contributed by atoms with E-state index >= 15 is 0 Å². The Morgan fingerprint density at radius 1 is 1.28 bits per heavy atom. The summed E-state index contributed by atoms with van der Waals surface area (Å²) >= 11 is 4.81. The molecular formula is C13H12FN3S. The smallest absolute Gasteiger partial charge is 0.128 e. The van der Waals surface area contributed by atoms with Gasteiger partial charge in [0.25, 0.3) is 0 Å². The molecule has 1 aromatic carbocycles. The Hall–Kier alpha value is -2.01. The molecule has 0 saturated heterocycles. The summed E-state index contributed by atoms with van der Waals surface area (Å²) in [6.45, 7) is 1.72. The fourth-order valence-electron chi connectivity index (χ4n) is 1.45. The summed E-state index contributed by atoms with van der Waals surface area (Å²) in [5.74, 6) is -0.243.